The number of rotatable bonds is 5. The van der Waals surface area contributed by atoms with Crippen molar-refractivity contribution in [1.82, 2.24) is 5.16 Å². The molecule has 0 N–H and O–H groups in total. The Hall–Kier alpha value is -2.80. The van der Waals surface area contributed by atoms with Crippen LogP contribution in [-0.2, 0) is 22.6 Å². The molecule has 0 saturated heterocycles. The Morgan fingerprint density at radius 3 is 3.00 bits per heavy atom. The summed E-state index contributed by atoms with van der Waals surface area (Å²) in [7, 11) is 0. The summed E-state index contributed by atoms with van der Waals surface area (Å²) < 4.78 is 21.2. The largest absolute Gasteiger partial charge is 0.459 e. The highest BCUT2D eigenvalue weighted by Crippen LogP contribution is 2.36. The molecule has 0 aliphatic carbocycles. The summed E-state index contributed by atoms with van der Waals surface area (Å²) in [5.41, 5.74) is 1.38. The highest BCUT2D eigenvalue weighted by Gasteiger charge is 2.16. The van der Waals surface area contributed by atoms with Gasteiger partial charge in [-0.05, 0) is 29.6 Å². The van der Waals surface area contributed by atoms with Crippen LogP contribution in [0, 0.1) is 0 Å². The van der Waals surface area contributed by atoms with E-state index in [4.69, 9.17) is 18.7 Å². The van der Waals surface area contributed by atoms with Crippen LogP contribution >= 0.6 is 11.3 Å². The van der Waals surface area contributed by atoms with Crippen molar-refractivity contribution in [2.45, 2.75) is 13.0 Å². The van der Waals surface area contributed by atoms with E-state index < -0.39 is 0 Å². The van der Waals surface area contributed by atoms with Gasteiger partial charge < -0.3 is 18.7 Å². The maximum Gasteiger partial charge on any atom is 0.311 e. The number of esters is 1. The molecule has 24 heavy (non-hydrogen) atoms. The van der Waals surface area contributed by atoms with Crippen LogP contribution in [0.5, 0.6) is 11.5 Å². The van der Waals surface area contributed by atoms with Crippen molar-refractivity contribution in [2.75, 3.05) is 6.79 Å². The summed E-state index contributed by atoms with van der Waals surface area (Å²) in [6, 6.07) is 11.1. The van der Waals surface area contributed by atoms with Gasteiger partial charge in [0, 0.05) is 16.5 Å². The number of hydrogen-bond donors (Lipinski definition) is 0. The Bertz CT molecular complexity index is 856. The predicted octanol–water partition coefficient (Wildman–Crippen LogP) is 3.42. The third-order valence-corrected chi connectivity index (χ3v) is 4.37. The van der Waals surface area contributed by atoms with Gasteiger partial charge in [-0.15, -0.1) is 11.3 Å². The van der Waals surface area contributed by atoms with Crippen molar-refractivity contribution in [2.24, 2.45) is 0 Å². The lowest BCUT2D eigenvalue weighted by Crippen LogP contribution is -2.07. The molecule has 0 bridgehead atoms. The van der Waals surface area contributed by atoms with Gasteiger partial charge in [-0.3, -0.25) is 4.79 Å². The zero-order chi connectivity index (χ0) is 16.4. The van der Waals surface area contributed by atoms with Gasteiger partial charge in [0.25, 0.3) is 0 Å². The van der Waals surface area contributed by atoms with Crippen LogP contribution in [0.15, 0.2) is 46.3 Å². The molecule has 4 rings (SSSR count). The molecule has 2 aromatic heterocycles. The van der Waals surface area contributed by atoms with Crippen molar-refractivity contribution in [1.29, 1.82) is 0 Å². The standard InChI is InChI=1S/C17H13NO5S/c19-17(8-13-2-1-5-24-13)20-9-12-7-15(23-18-12)11-3-4-14-16(6-11)22-10-21-14/h1-7H,8-10H2. The van der Waals surface area contributed by atoms with Crippen molar-refractivity contribution in [3.05, 3.63) is 52.3 Å². The van der Waals surface area contributed by atoms with Gasteiger partial charge >= 0.3 is 5.97 Å². The molecule has 7 heteroatoms. The van der Waals surface area contributed by atoms with Gasteiger partial charge in [0.1, 0.15) is 12.3 Å². The monoisotopic (exact) mass is 343 g/mol. The summed E-state index contributed by atoms with van der Waals surface area (Å²) in [5, 5.41) is 5.86. The molecule has 0 atom stereocenters. The average molecular weight is 343 g/mol. The van der Waals surface area contributed by atoms with Crippen molar-refractivity contribution >= 4 is 17.3 Å². The van der Waals surface area contributed by atoms with E-state index in [1.165, 1.54) is 11.3 Å². The van der Waals surface area contributed by atoms with Crippen LogP contribution in [0.25, 0.3) is 11.3 Å². The van der Waals surface area contributed by atoms with Crippen molar-refractivity contribution in [3.8, 4) is 22.8 Å². The molecule has 0 radical (unpaired) electrons. The van der Waals surface area contributed by atoms with Crippen molar-refractivity contribution in [3.63, 3.8) is 0 Å². The Morgan fingerprint density at radius 2 is 2.12 bits per heavy atom. The smallest absolute Gasteiger partial charge is 0.311 e. The lowest BCUT2D eigenvalue weighted by Gasteiger charge is -2.00. The topological polar surface area (TPSA) is 70.8 Å². The maximum atomic E-state index is 11.8. The zero-order valence-electron chi connectivity index (χ0n) is 12.6. The molecule has 3 aromatic rings. The van der Waals surface area contributed by atoms with Crippen LogP contribution in [0.4, 0.5) is 0 Å². The van der Waals surface area contributed by atoms with E-state index in [0.29, 0.717) is 23.0 Å². The lowest BCUT2D eigenvalue weighted by atomic mass is 10.1. The fourth-order valence-corrected chi connectivity index (χ4v) is 3.02. The molecule has 0 amide bonds. The highest BCUT2D eigenvalue weighted by molar-refractivity contribution is 7.10. The van der Waals surface area contributed by atoms with Gasteiger partial charge in [-0.25, -0.2) is 0 Å². The first-order valence-electron chi connectivity index (χ1n) is 7.31. The molecule has 0 fully saturated rings. The number of aromatic nitrogens is 1. The lowest BCUT2D eigenvalue weighted by molar-refractivity contribution is -0.144. The number of fused-ring (bicyclic) bond motifs is 1. The van der Waals surface area contributed by atoms with Gasteiger partial charge in [0.15, 0.2) is 17.3 Å². The van der Waals surface area contributed by atoms with Crippen LogP contribution in [-0.4, -0.2) is 17.9 Å². The van der Waals surface area contributed by atoms with Gasteiger partial charge in [0.2, 0.25) is 6.79 Å². The Balaban J connectivity index is 1.39. The highest BCUT2D eigenvalue weighted by atomic mass is 32.1. The molecule has 1 aliphatic rings. The molecule has 0 spiro atoms. The third kappa shape index (κ3) is 3.11. The zero-order valence-corrected chi connectivity index (χ0v) is 13.4. The van der Waals surface area contributed by atoms with Gasteiger partial charge in [-0.1, -0.05) is 11.2 Å². The Labute approximate surface area is 141 Å². The van der Waals surface area contributed by atoms with Crippen LogP contribution in [0.3, 0.4) is 0 Å². The summed E-state index contributed by atoms with van der Waals surface area (Å²) in [4.78, 5) is 12.8. The van der Waals surface area contributed by atoms with E-state index >= 15 is 0 Å². The van der Waals surface area contributed by atoms with Crippen molar-refractivity contribution < 1.29 is 23.5 Å². The number of benzene rings is 1. The number of carbonyl (C=O) groups excluding carboxylic acids is 1. The van der Waals surface area contributed by atoms with Crippen LogP contribution in [0.1, 0.15) is 10.6 Å². The van der Waals surface area contributed by atoms with E-state index in [9.17, 15) is 4.79 Å². The minimum absolute atomic E-state index is 0.0816. The van der Waals surface area contributed by atoms with E-state index in [-0.39, 0.29) is 25.8 Å². The summed E-state index contributed by atoms with van der Waals surface area (Å²) in [5.74, 6) is 1.68. The second-order valence-corrected chi connectivity index (χ2v) is 6.20. The minimum Gasteiger partial charge on any atom is -0.459 e. The van der Waals surface area contributed by atoms with E-state index in [1.807, 2.05) is 35.7 Å². The molecule has 122 valence electrons. The second-order valence-electron chi connectivity index (χ2n) is 5.17. The van der Waals surface area contributed by atoms with Crippen LogP contribution < -0.4 is 9.47 Å². The summed E-state index contributed by atoms with van der Waals surface area (Å²) in [6.45, 7) is 0.304. The molecule has 1 aliphatic heterocycles. The Kier molecular flexibility index (Phi) is 3.92. The van der Waals surface area contributed by atoms with E-state index in [1.54, 1.807) is 6.07 Å². The average Bonchev–Trinajstić information content (AvgIpc) is 3.33. The molecule has 0 saturated carbocycles. The molecule has 0 unspecified atom stereocenters. The van der Waals surface area contributed by atoms with Crippen LogP contribution in [0.2, 0.25) is 0 Å². The molecule has 1 aromatic carbocycles. The maximum absolute atomic E-state index is 11.8. The van der Waals surface area contributed by atoms with Gasteiger partial charge in [0.05, 0.1) is 6.42 Å². The predicted molar refractivity (Wildman–Crippen MR) is 85.9 cm³/mol. The number of nitrogens with zero attached hydrogens (tertiary/aromatic N) is 1. The number of thiophene rings is 1. The van der Waals surface area contributed by atoms with E-state index in [0.717, 1.165) is 10.4 Å². The van der Waals surface area contributed by atoms with Gasteiger partial charge in [-0.2, -0.15) is 0 Å². The first kappa shape index (κ1) is 14.8. The molecule has 3 heterocycles. The number of hydrogen-bond acceptors (Lipinski definition) is 7. The summed E-state index contributed by atoms with van der Waals surface area (Å²) >= 11 is 1.53. The fraction of sp³-hybridized carbons (Fsp3) is 0.176. The SMILES string of the molecule is O=C(Cc1cccs1)OCc1cc(-c2ccc3c(c2)OCO3)on1. The summed E-state index contributed by atoms with van der Waals surface area (Å²) in [6.07, 6.45) is 0.268. The quantitative estimate of drug-likeness (QED) is 0.661. The third-order valence-electron chi connectivity index (χ3n) is 3.50. The molecule has 6 nitrogen and oxygen atoms in total. The fourth-order valence-electron chi connectivity index (χ4n) is 2.33. The normalized spacial score (nSPS) is 12.3. The first-order chi connectivity index (χ1) is 11.8. The molecular formula is C17H13NO5S. The first-order valence-corrected chi connectivity index (χ1v) is 8.19. The minimum atomic E-state index is -0.287. The number of carbonyl (C=O) groups is 1. The molecular weight excluding hydrogens is 330 g/mol. The second kappa shape index (κ2) is 6.37. The Morgan fingerprint density at radius 1 is 1.21 bits per heavy atom. The van der Waals surface area contributed by atoms with E-state index in [2.05, 4.69) is 5.16 Å². The number of ether oxygens (including phenoxy) is 3.